The third kappa shape index (κ3) is 4.67. The van der Waals surface area contributed by atoms with Crippen LogP contribution in [0.25, 0.3) is 10.2 Å². The molecule has 1 fully saturated rings. The smallest absolute Gasteiger partial charge is 0.223 e. The molecule has 136 valence electrons. The average molecular weight is 362 g/mol. The van der Waals surface area contributed by atoms with Gasteiger partial charge in [0.15, 0.2) is 0 Å². The van der Waals surface area contributed by atoms with Gasteiger partial charge in [0.2, 0.25) is 5.91 Å². The van der Waals surface area contributed by atoms with Crippen molar-refractivity contribution in [3.63, 3.8) is 0 Å². The number of carbonyl (C=O) groups excluding carboxylic acids is 1. The minimum absolute atomic E-state index is 0.0991. The lowest BCUT2D eigenvalue weighted by atomic mass is 9.95. The Labute approximate surface area is 152 Å². The summed E-state index contributed by atoms with van der Waals surface area (Å²) in [7, 11) is 0. The molecule has 0 radical (unpaired) electrons. The van der Waals surface area contributed by atoms with Crippen LogP contribution < -0.4 is 10.2 Å². The van der Waals surface area contributed by atoms with Gasteiger partial charge in [-0.05, 0) is 44.6 Å². The number of hydrogen-bond acceptors (Lipinski definition) is 6. The molecular weight excluding hydrogens is 336 g/mol. The van der Waals surface area contributed by atoms with Gasteiger partial charge in [-0.2, -0.15) is 0 Å². The first-order valence-corrected chi connectivity index (χ1v) is 9.85. The van der Waals surface area contributed by atoms with E-state index in [2.05, 4.69) is 26.3 Å². The molecule has 0 unspecified atom stereocenters. The maximum Gasteiger partial charge on any atom is 0.223 e. The van der Waals surface area contributed by atoms with Gasteiger partial charge in [-0.3, -0.25) is 4.79 Å². The van der Waals surface area contributed by atoms with Gasteiger partial charge >= 0.3 is 0 Å². The third-order valence-corrected chi connectivity index (χ3v) is 5.30. The Balaban J connectivity index is 1.45. The summed E-state index contributed by atoms with van der Waals surface area (Å²) in [5.41, 5.74) is 0. The Kier molecular flexibility index (Phi) is 6.20. The Hall–Kier alpha value is -1.73. The zero-order valence-electron chi connectivity index (χ0n) is 14.9. The van der Waals surface area contributed by atoms with Gasteiger partial charge in [-0.25, -0.2) is 9.97 Å². The molecular formula is C18H26N4O2S. The first-order chi connectivity index (χ1) is 12.1. The lowest BCUT2D eigenvalue weighted by Crippen LogP contribution is -2.41. The van der Waals surface area contributed by atoms with Crippen molar-refractivity contribution < 1.29 is 9.53 Å². The van der Waals surface area contributed by atoms with Gasteiger partial charge < -0.3 is 15.0 Å². The summed E-state index contributed by atoms with van der Waals surface area (Å²) in [5, 5.41) is 6.20. The molecule has 0 spiro atoms. The van der Waals surface area contributed by atoms with E-state index in [1.165, 1.54) is 0 Å². The van der Waals surface area contributed by atoms with Crippen LogP contribution in [0.5, 0.6) is 0 Å². The van der Waals surface area contributed by atoms with Crippen molar-refractivity contribution in [1.29, 1.82) is 0 Å². The van der Waals surface area contributed by atoms with E-state index in [4.69, 9.17) is 4.74 Å². The molecule has 0 atom stereocenters. The van der Waals surface area contributed by atoms with Gasteiger partial charge in [-0.1, -0.05) is 0 Å². The standard InChI is InChI=1S/C18H26N4O2S/c1-13(2)24-10-3-7-19-17(23)14-4-8-22(9-5-14)16-15-6-11-25-18(15)21-12-20-16/h6,11-14H,3-5,7-10H2,1-2H3,(H,19,23). The van der Waals surface area contributed by atoms with Crippen LogP contribution in [0.1, 0.15) is 33.1 Å². The number of hydrogen-bond donors (Lipinski definition) is 1. The normalized spacial score (nSPS) is 15.9. The summed E-state index contributed by atoms with van der Waals surface area (Å²) in [6, 6.07) is 2.08. The van der Waals surface area contributed by atoms with Gasteiger partial charge in [0.05, 0.1) is 11.5 Å². The second-order valence-corrected chi connectivity index (χ2v) is 7.56. The van der Waals surface area contributed by atoms with Crippen LogP contribution in [-0.4, -0.2) is 48.2 Å². The number of fused-ring (bicyclic) bond motifs is 1. The van der Waals surface area contributed by atoms with Crippen molar-refractivity contribution in [2.24, 2.45) is 5.92 Å². The Morgan fingerprint density at radius 2 is 2.20 bits per heavy atom. The van der Waals surface area contributed by atoms with E-state index in [1.807, 2.05) is 19.2 Å². The Morgan fingerprint density at radius 1 is 1.40 bits per heavy atom. The highest BCUT2D eigenvalue weighted by Gasteiger charge is 2.26. The molecule has 7 heteroatoms. The highest BCUT2D eigenvalue weighted by molar-refractivity contribution is 7.16. The summed E-state index contributed by atoms with van der Waals surface area (Å²) >= 11 is 1.63. The number of nitrogens with zero attached hydrogens (tertiary/aromatic N) is 3. The highest BCUT2D eigenvalue weighted by Crippen LogP contribution is 2.29. The fourth-order valence-corrected chi connectivity index (χ4v) is 3.86. The number of thiophene rings is 1. The monoisotopic (exact) mass is 362 g/mol. The summed E-state index contributed by atoms with van der Waals surface area (Å²) < 4.78 is 5.49. The van der Waals surface area contributed by atoms with E-state index in [0.29, 0.717) is 13.2 Å². The van der Waals surface area contributed by atoms with Crippen molar-refractivity contribution in [3.8, 4) is 0 Å². The molecule has 0 saturated carbocycles. The molecule has 2 aromatic heterocycles. The number of anilines is 1. The summed E-state index contributed by atoms with van der Waals surface area (Å²) in [5.74, 6) is 1.27. The largest absolute Gasteiger partial charge is 0.379 e. The van der Waals surface area contributed by atoms with E-state index in [0.717, 1.165) is 48.4 Å². The number of carbonyl (C=O) groups is 1. The lowest BCUT2D eigenvalue weighted by Gasteiger charge is -2.32. The van der Waals surface area contributed by atoms with Crippen LogP contribution in [0.2, 0.25) is 0 Å². The maximum atomic E-state index is 12.3. The number of nitrogens with one attached hydrogen (secondary N) is 1. The van der Waals surface area contributed by atoms with Crippen molar-refractivity contribution in [2.45, 2.75) is 39.2 Å². The molecule has 1 saturated heterocycles. The van der Waals surface area contributed by atoms with Gasteiger partial charge in [0.1, 0.15) is 17.0 Å². The number of ether oxygens (including phenoxy) is 1. The number of piperidine rings is 1. The fourth-order valence-electron chi connectivity index (χ4n) is 3.13. The zero-order chi connectivity index (χ0) is 17.6. The molecule has 1 amide bonds. The van der Waals surface area contributed by atoms with Crippen LogP contribution >= 0.6 is 11.3 Å². The summed E-state index contributed by atoms with van der Waals surface area (Å²) in [6.07, 6.45) is 4.47. The van der Waals surface area contributed by atoms with Crippen molar-refractivity contribution in [3.05, 3.63) is 17.8 Å². The van der Waals surface area contributed by atoms with Gasteiger partial charge in [0.25, 0.3) is 0 Å². The maximum absolute atomic E-state index is 12.3. The molecule has 2 aromatic rings. The lowest BCUT2D eigenvalue weighted by molar-refractivity contribution is -0.125. The summed E-state index contributed by atoms with van der Waals surface area (Å²) in [6.45, 7) is 7.14. The van der Waals surface area contributed by atoms with Gasteiger partial charge in [0, 0.05) is 32.2 Å². The van der Waals surface area contributed by atoms with Crippen molar-refractivity contribution in [1.82, 2.24) is 15.3 Å². The third-order valence-electron chi connectivity index (χ3n) is 4.48. The molecule has 3 heterocycles. The first kappa shape index (κ1) is 18.1. The second-order valence-electron chi connectivity index (χ2n) is 6.66. The van der Waals surface area contributed by atoms with E-state index >= 15 is 0 Å². The highest BCUT2D eigenvalue weighted by atomic mass is 32.1. The van der Waals surface area contributed by atoms with Crippen LogP contribution in [0.4, 0.5) is 5.82 Å². The quantitative estimate of drug-likeness (QED) is 0.767. The minimum Gasteiger partial charge on any atom is -0.379 e. The number of rotatable bonds is 7. The van der Waals surface area contributed by atoms with E-state index in [9.17, 15) is 4.79 Å². The van der Waals surface area contributed by atoms with E-state index < -0.39 is 0 Å². The van der Waals surface area contributed by atoms with Gasteiger partial charge in [-0.15, -0.1) is 11.3 Å². The topological polar surface area (TPSA) is 67.3 Å². The SMILES string of the molecule is CC(C)OCCCNC(=O)C1CCN(c2ncnc3sccc23)CC1. The van der Waals surface area contributed by atoms with Crippen LogP contribution in [0.3, 0.4) is 0 Å². The zero-order valence-corrected chi connectivity index (χ0v) is 15.7. The Bertz CT molecular complexity index is 695. The van der Waals surface area contributed by atoms with Crippen LogP contribution in [-0.2, 0) is 9.53 Å². The number of amides is 1. The predicted molar refractivity (Wildman–Crippen MR) is 101 cm³/mol. The molecule has 0 bridgehead atoms. The average Bonchev–Trinajstić information content (AvgIpc) is 3.10. The molecule has 0 aromatic carbocycles. The fraction of sp³-hybridized carbons (Fsp3) is 0.611. The Morgan fingerprint density at radius 3 is 2.96 bits per heavy atom. The summed E-state index contributed by atoms with van der Waals surface area (Å²) in [4.78, 5) is 24.4. The van der Waals surface area contributed by atoms with Crippen molar-refractivity contribution in [2.75, 3.05) is 31.1 Å². The minimum atomic E-state index is 0.0991. The molecule has 0 aliphatic carbocycles. The molecule has 1 aliphatic heterocycles. The molecule has 3 rings (SSSR count). The molecule has 6 nitrogen and oxygen atoms in total. The van der Waals surface area contributed by atoms with Crippen LogP contribution in [0, 0.1) is 5.92 Å². The van der Waals surface area contributed by atoms with E-state index in [1.54, 1.807) is 17.7 Å². The second kappa shape index (κ2) is 8.58. The molecule has 25 heavy (non-hydrogen) atoms. The predicted octanol–water partition coefficient (Wildman–Crippen LogP) is 2.84. The van der Waals surface area contributed by atoms with E-state index in [-0.39, 0.29) is 17.9 Å². The molecule has 1 N–H and O–H groups in total. The first-order valence-electron chi connectivity index (χ1n) is 8.97. The van der Waals surface area contributed by atoms with Crippen molar-refractivity contribution >= 4 is 33.3 Å². The molecule has 1 aliphatic rings. The van der Waals surface area contributed by atoms with Crippen LogP contribution in [0.15, 0.2) is 17.8 Å². The number of aromatic nitrogens is 2.